The number of amides is 1. The lowest BCUT2D eigenvalue weighted by Crippen LogP contribution is -2.59. The number of ether oxygens (including phenoxy) is 2. The third kappa shape index (κ3) is 3.66. The normalized spacial score (nSPS) is 25.8. The van der Waals surface area contributed by atoms with Crippen LogP contribution in [0.5, 0.6) is 5.75 Å². The van der Waals surface area contributed by atoms with Gasteiger partial charge in [0.15, 0.2) is 0 Å². The van der Waals surface area contributed by atoms with Gasteiger partial charge in [-0.2, -0.15) is 0 Å². The number of halogens is 2. The molecule has 3 N–H and O–H groups in total. The number of methoxy groups -OCH3 is 1. The van der Waals surface area contributed by atoms with Crippen LogP contribution < -0.4 is 15.8 Å². The Morgan fingerprint density at radius 1 is 1.39 bits per heavy atom. The minimum absolute atomic E-state index is 0.0727. The van der Waals surface area contributed by atoms with Crippen molar-refractivity contribution in [1.82, 2.24) is 9.29 Å². The first-order valence-electron chi connectivity index (χ1n) is 9.76. The van der Waals surface area contributed by atoms with E-state index in [4.69, 9.17) is 15.2 Å². The molecule has 4 rings (SSSR count). The van der Waals surface area contributed by atoms with Gasteiger partial charge >= 0.3 is 0 Å². The number of benzene rings is 1. The molecule has 0 spiro atoms. The van der Waals surface area contributed by atoms with E-state index in [1.807, 2.05) is 0 Å². The van der Waals surface area contributed by atoms with Gasteiger partial charge in [0.05, 0.1) is 19.9 Å². The monoisotopic (exact) mass is 481 g/mol. The molecule has 10 nitrogen and oxygen atoms in total. The number of nitrogens with one attached hydrogen (secondary N) is 1. The summed E-state index contributed by atoms with van der Waals surface area (Å²) < 4.78 is 66.0. The zero-order valence-electron chi connectivity index (χ0n) is 17.7. The number of pyridine rings is 1. The minimum atomic E-state index is -4.22. The number of sulfonamides is 1. The largest absolute Gasteiger partial charge is 0.495 e. The van der Waals surface area contributed by atoms with Crippen LogP contribution in [-0.4, -0.2) is 68.4 Å². The molecule has 2 aliphatic rings. The second kappa shape index (κ2) is 8.23. The lowest BCUT2D eigenvalue weighted by atomic mass is 9.86. The van der Waals surface area contributed by atoms with Gasteiger partial charge in [0.2, 0.25) is 16.0 Å². The predicted molar refractivity (Wildman–Crippen MR) is 115 cm³/mol. The summed E-state index contributed by atoms with van der Waals surface area (Å²) in [6.45, 7) is -1.52. The molecule has 1 saturated heterocycles. The fourth-order valence-corrected chi connectivity index (χ4v) is 5.92. The Balaban J connectivity index is 1.75. The van der Waals surface area contributed by atoms with Crippen molar-refractivity contribution in [2.24, 2.45) is 10.7 Å². The summed E-state index contributed by atoms with van der Waals surface area (Å²) in [6.07, 6.45) is -0.00182. The first kappa shape index (κ1) is 22.9. The lowest BCUT2D eigenvalue weighted by molar-refractivity contribution is 0.0847. The first-order chi connectivity index (χ1) is 15.6. The zero-order valence-corrected chi connectivity index (χ0v) is 18.5. The minimum Gasteiger partial charge on any atom is -0.495 e. The number of nitrogens with two attached hydrogens (primary N) is 1. The molecule has 0 saturated carbocycles. The molecule has 2 aliphatic heterocycles. The Morgan fingerprint density at radius 2 is 2.15 bits per heavy atom. The van der Waals surface area contributed by atoms with Gasteiger partial charge in [-0.15, -0.1) is 0 Å². The molecule has 13 heteroatoms. The number of rotatable bonds is 5. The maximum atomic E-state index is 15.0. The molecular weight excluding hydrogens is 460 g/mol. The van der Waals surface area contributed by atoms with Gasteiger partial charge in [-0.1, -0.05) is 0 Å². The molecular formula is C20H21F2N5O5S. The van der Waals surface area contributed by atoms with Crippen LogP contribution in [0.3, 0.4) is 0 Å². The Labute approximate surface area is 188 Å². The molecule has 3 heterocycles. The fourth-order valence-electron chi connectivity index (χ4n) is 4.00. The Hall–Kier alpha value is -3.32. The topological polar surface area (TPSA) is 136 Å². The highest BCUT2D eigenvalue weighted by molar-refractivity contribution is 7.90. The van der Waals surface area contributed by atoms with E-state index in [-0.39, 0.29) is 22.9 Å². The molecule has 0 radical (unpaired) electrons. The smallest absolute Gasteiger partial charge is 0.274 e. The SMILES string of the molecule is COc1ccc(C(=O)Nc2ccc(F)c([C@]34CO[C@@H](CF)[C@@H]3S(=O)(=O)N(C)C(N)=N4)c2)nc1. The predicted octanol–water partition coefficient (Wildman–Crippen LogP) is 1.00. The molecule has 1 fully saturated rings. The number of fused-ring (bicyclic) bond motifs is 1. The van der Waals surface area contributed by atoms with Gasteiger partial charge in [0, 0.05) is 18.3 Å². The van der Waals surface area contributed by atoms with Gasteiger partial charge < -0.3 is 20.5 Å². The Kier molecular flexibility index (Phi) is 5.70. The van der Waals surface area contributed by atoms with Gasteiger partial charge in [-0.05, 0) is 30.3 Å². The molecule has 176 valence electrons. The van der Waals surface area contributed by atoms with Crippen LogP contribution in [0.15, 0.2) is 41.5 Å². The van der Waals surface area contributed by atoms with Crippen molar-refractivity contribution >= 4 is 27.6 Å². The summed E-state index contributed by atoms with van der Waals surface area (Å²) in [5, 5.41) is 1.04. The van der Waals surface area contributed by atoms with Crippen molar-refractivity contribution in [3.8, 4) is 5.75 Å². The Morgan fingerprint density at radius 3 is 2.79 bits per heavy atom. The number of guanidine groups is 1. The molecule has 1 aromatic heterocycles. The number of carbonyl (C=O) groups is 1. The van der Waals surface area contributed by atoms with Gasteiger partial charge in [0.25, 0.3) is 5.91 Å². The van der Waals surface area contributed by atoms with E-state index < -0.39 is 51.9 Å². The van der Waals surface area contributed by atoms with Gasteiger partial charge in [-0.25, -0.2) is 31.5 Å². The third-order valence-corrected chi connectivity index (χ3v) is 8.00. The molecule has 33 heavy (non-hydrogen) atoms. The number of hydrogen-bond acceptors (Lipinski definition) is 8. The van der Waals surface area contributed by atoms with Crippen LogP contribution in [0.25, 0.3) is 0 Å². The number of aromatic nitrogens is 1. The molecule has 0 unspecified atom stereocenters. The highest BCUT2D eigenvalue weighted by Gasteiger charge is 2.62. The van der Waals surface area contributed by atoms with E-state index >= 15 is 4.39 Å². The summed E-state index contributed by atoms with van der Waals surface area (Å²) >= 11 is 0. The third-order valence-electron chi connectivity index (χ3n) is 5.71. The second-order valence-corrected chi connectivity index (χ2v) is 9.65. The van der Waals surface area contributed by atoms with Crippen molar-refractivity contribution in [1.29, 1.82) is 0 Å². The summed E-state index contributed by atoms with van der Waals surface area (Å²) in [6, 6.07) is 6.59. The van der Waals surface area contributed by atoms with E-state index in [1.54, 1.807) is 6.07 Å². The molecule has 0 aliphatic carbocycles. The van der Waals surface area contributed by atoms with E-state index in [1.165, 1.54) is 38.6 Å². The number of nitrogens with zero attached hydrogens (tertiary/aromatic N) is 3. The van der Waals surface area contributed by atoms with Crippen molar-refractivity contribution < 1.29 is 31.5 Å². The van der Waals surface area contributed by atoms with Crippen LogP contribution in [-0.2, 0) is 20.3 Å². The van der Waals surface area contributed by atoms with Crippen molar-refractivity contribution in [2.75, 3.05) is 32.8 Å². The number of aliphatic imine (C=N–C) groups is 1. The summed E-state index contributed by atoms with van der Waals surface area (Å²) in [5.41, 5.74) is 4.03. The summed E-state index contributed by atoms with van der Waals surface area (Å²) in [7, 11) is -1.58. The summed E-state index contributed by atoms with van der Waals surface area (Å²) in [5.74, 6) is -1.32. The number of hydrogen-bond donors (Lipinski definition) is 2. The Bertz CT molecular complexity index is 1220. The van der Waals surface area contributed by atoms with Crippen molar-refractivity contribution in [3.05, 3.63) is 53.6 Å². The van der Waals surface area contributed by atoms with Crippen LogP contribution in [0.1, 0.15) is 16.1 Å². The zero-order chi connectivity index (χ0) is 24.0. The highest BCUT2D eigenvalue weighted by Crippen LogP contribution is 2.46. The van der Waals surface area contributed by atoms with Crippen molar-refractivity contribution in [3.63, 3.8) is 0 Å². The lowest BCUT2D eigenvalue weighted by Gasteiger charge is -2.39. The molecule has 1 amide bonds. The number of carbonyl (C=O) groups excluding carboxylic acids is 1. The van der Waals surface area contributed by atoms with Crippen LogP contribution in [0, 0.1) is 5.82 Å². The standard InChI is InChI=1S/C20H21F2N5O5S/c1-27-19(23)26-20(10-32-16(8-21)17(20)33(27,29)30)13-7-11(3-5-14(13)22)25-18(28)15-6-4-12(31-2)9-24-15/h3-7,9,16-17H,8,10H2,1-2H3,(H2,23,26)(H,25,28)/t16-,17-,20+/m0/s1. The van der Waals surface area contributed by atoms with E-state index in [0.29, 0.717) is 5.75 Å². The molecule has 3 atom stereocenters. The highest BCUT2D eigenvalue weighted by atomic mass is 32.2. The maximum absolute atomic E-state index is 15.0. The first-order valence-corrected chi connectivity index (χ1v) is 11.3. The molecule has 0 bridgehead atoms. The fraction of sp³-hybridized carbons (Fsp3) is 0.350. The van der Waals surface area contributed by atoms with Gasteiger partial charge in [0.1, 0.15) is 40.8 Å². The van der Waals surface area contributed by atoms with E-state index in [0.717, 1.165) is 10.4 Å². The molecule has 2 aromatic rings. The average Bonchev–Trinajstić information content (AvgIpc) is 3.19. The average molecular weight is 481 g/mol. The summed E-state index contributed by atoms with van der Waals surface area (Å²) in [4.78, 5) is 20.8. The van der Waals surface area contributed by atoms with E-state index in [9.17, 15) is 17.6 Å². The van der Waals surface area contributed by atoms with E-state index in [2.05, 4.69) is 15.3 Å². The number of anilines is 1. The van der Waals surface area contributed by atoms with Crippen LogP contribution in [0.2, 0.25) is 0 Å². The quantitative estimate of drug-likeness (QED) is 0.650. The molecule has 1 aromatic carbocycles. The number of alkyl halides is 1. The maximum Gasteiger partial charge on any atom is 0.274 e. The van der Waals surface area contributed by atoms with Gasteiger partial charge in [-0.3, -0.25) is 4.79 Å². The van der Waals surface area contributed by atoms with Crippen LogP contribution in [0.4, 0.5) is 14.5 Å². The van der Waals surface area contributed by atoms with Crippen molar-refractivity contribution in [2.45, 2.75) is 16.9 Å². The second-order valence-electron chi connectivity index (χ2n) is 7.56. The van der Waals surface area contributed by atoms with Crippen LogP contribution >= 0.6 is 0 Å².